The molecule has 1 aromatic carbocycles. The molecular weight excluding hydrogens is 310 g/mol. The van der Waals surface area contributed by atoms with Crippen LogP contribution in [0, 0.1) is 0 Å². The monoisotopic (exact) mass is 329 g/mol. The van der Waals surface area contributed by atoms with Gasteiger partial charge in [-0.25, -0.2) is 9.78 Å². The summed E-state index contributed by atoms with van der Waals surface area (Å²) in [5.41, 5.74) is 2.90. The number of hydrogen-bond donors (Lipinski definition) is 2. The molecule has 3 rings (SSSR count). The minimum atomic E-state index is -0.312. The lowest BCUT2D eigenvalue weighted by Gasteiger charge is -2.10. The van der Waals surface area contributed by atoms with Gasteiger partial charge in [0.25, 0.3) is 0 Å². The first kappa shape index (κ1) is 15.9. The van der Waals surface area contributed by atoms with Crippen LogP contribution in [0.4, 0.5) is 10.5 Å². The number of carbonyl (C=O) groups excluding carboxylic acids is 1. The summed E-state index contributed by atoms with van der Waals surface area (Å²) in [6, 6.07) is 5.15. The number of carbonyl (C=O) groups is 1. The van der Waals surface area contributed by atoms with Crippen molar-refractivity contribution in [3.63, 3.8) is 0 Å². The van der Waals surface area contributed by atoms with Gasteiger partial charge in [0, 0.05) is 26.9 Å². The number of methoxy groups -OCH3 is 1. The number of fused-ring (bicyclic) bond motifs is 1. The Kier molecular flexibility index (Phi) is 4.71. The van der Waals surface area contributed by atoms with Gasteiger partial charge in [-0.3, -0.25) is 0 Å². The Balaban J connectivity index is 1.62. The standard InChI is InChI=1S/C15H19N7O2/c1-21-19-13-5-3-4-12(14(13)20-21)18-15(23)17-9-11-8-16-10-22(11)6-7-24-2/h3-5,8,10H,6-7,9H2,1-2H3,(H2,17,18,23). The van der Waals surface area contributed by atoms with Gasteiger partial charge in [-0.1, -0.05) is 6.07 Å². The first-order chi connectivity index (χ1) is 11.7. The fourth-order valence-electron chi connectivity index (χ4n) is 2.36. The fraction of sp³-hybridized carbons (Fsp3) is 0.333. The van der Waals surface area contributed by atoms with Crippen LogP contribution < -0.4 is 10.6 Å². The van der Waals surface area contributed by atoms with Crippen molar-refractivity contribution in [3.8, 4) is 0 Å². The topological polar surface area (TPSA) is 98.9 Å². The molecule has 0 aliphatic carbocycles. The quantitative estimate of drug-likeness (QED) is 0.706. The summed E-state index contributed by atoms with van der Waals surface area (Å²) in [6.07, 6.45) is 3.44. The molecule has 0 bridgehead atoms. The lowest BCUT2D eigenvalue weighted by atomic mass is 10.2. The van der Waals surface area contributed by atoms with E-state index in [9.17, 15) is 4.79 Å². The highest BCUT2D eigenvalue weighted by atomic mass is 16.5. The van der Waals surface area contributed by atoms with Crippen LogP contribution >= 0.6 is 0 Å². The largest absolute Gasteiger partial charge is 0.383 e. The Morgan fingerprint density at radius 1 is 1.33 bits per heavy atom. The molecule has 24 heavy (non-hydrogen) atoms. The van der Waals surface area contributed by atoms with Crippen LogP contribution in [0.3, 0.4) is 0 Å². The van der Waals surface area contributed by atoms with E-state index in [1.165, 1.54) is 4.80 Å². The van der Waals surface area contributed by atoms with Gasteiger partial charge in [-0.2, -0.15) is 15.0 Å². The van der Waals surface area contributed by atoms with Gasteiger partial charge in [-0.05, 0) is 12.1 Å². The van der Waals surface area contributed by atoms with Gasteiger partial charge in [-0.15, -0.1) is 0 Å². The summed E-state index contributed by atoms with van der Waals surface area (Å²) in [5.74, 6) is 0. The Morgan fingerprint density at radius 2 is 2.21 bits per heavy atom. The van der Waals surface area contributed by atoms with Crippen molar-refractivity contribution in [1.82, 2.24) is 29.9 Å². The van der Waals surface area contributed by atoms with Crippen LogP contribution in [-0.2, 0) is 24.9 Å². The third-order valence-corrected chi connectivity index (χ3v) is 3.53. The molecule has 126 valence electrons. The number of nitrogens with one attached hydrogen (secondary N) is 2. The first-order valence-electron chi connectivity index (χ1n) is 7.50. The summed E-state index contributed by atoms with van der Waals surface area (Å²) >= 11 is 0. The number of ether oxygens (including phenoxy) is 1. The Labute approximate surface area is 138 Å². The van der Waals surface area contributed by atoms with Crippen LogP contribution in [0.2, 0.25) is 0 Å². The van der Waals surface area contributed by atoms with E-state index in [1.54, 1.807) is 32.7 Å². The third-order valence-electron chi connectivity index (χ3n) is 3.53. The Bertz CT molecular complexity index is 839. The van der Waals surface area contributed by atoms with Crippen molar-refractivity contribution in [3.05, 3.63) is 36.4 Å². The van der Waals surface area contributed by atoms with E-state index in [0.29, 0.717) is 30.9 Å². The lowest BCUT2D eigenvalue weighted by Crippen LogP contribution is -2.29. The molecule has 0 spiro atoms. The zero-order chi connectivity index (χ0) is 16.9. The van der Waals surface area contributed by atoms with E-state index in [0.717, 1.165) is 11.2 Å². The Morgan fingerprint density at radius 3 is 3.04 bits per heavy atom. The molecule has 0 radical (unpaired) electrons. The van der Waals surface area contributed by atoms with Crippen LogP contribution in [0.5, 0.6) is 0 Å². The Hall–Kier alpha value is -2.94. The number of urea groups is 1. The minimum Gasteiger partial charge on any atom is -0.383 e. The van der Waals surface area contributed by atoms with Gasteiger partial charge in [0.15, 0.2) is 0 Å². The maximum absolute atomic E-state index is 12.2. The van der Waals surface area contributed by atoms with Gasteiger partial charge < -0.3 is 19.9 Å². The molecule has 0 saturated heterocycles. The predicted molar refractivity (Wildman–Crippen MR) is 88.5 cm³/mol. The van der Waals surface area contributed by atoms with Crippen LogP contribution in [-0.4, -0.2) is 44.3 Å². The summed E-state index contributed by atoms with van der Waals surface area (Å²) < 4.78 is 6.99. The maximum Gasteiger partial charge on any atom is 0.319 e. The number of aryl methyl sites for hydroxylation is 1. The normalized spacial score (nSPS) is 10.9. The summed E-state index contributed by atoms with van der Waals surface area (Å²) in [5, 5.41) is 14.1. The molecule has 0 unspecified atom stereocenters. The predicted octanol–water partition coefficient (Wildman–Crippen LogP) is 1.13. The van der Waals surface area contributed by atoms with E-state index in [-0.39, 0.29) is 6.03 Å². The molecule has 2 N–H and O–H groups in total. The first-order valence-corrected chi connectivity index (χ1v) is 7.50. The second-order valence-electron chi connectivity index (χ2n) is 5.24. The zero-order valence-electron chi connectivity index (χ0n) is 13.6. The van der Waals surface area contributed by atoms with Gasteiger partial charge in [0.1, 0.15) is 11.0 Å². The molecule has 2 amide bonds. The van der Waals surface area contributed by atoms with Crippen LogP contribution in [0.25, 0.3) is 11.0 Å². The summed E-state index contributed by atoms with van der Waals surface area (Å²) in [6.45, 7) is 1.64. The molecule has 0 atom stereocenters. The summed E-state index contributed by atoms with van der Waals surface area (Å²) in [4.78, 5) is 17.7. The highest BCUT2D eigenvalue weighted by molar-refractivity contribution is 5.98. The van der Waals surface area contributed by atoms with Gasteiger partial charge >= 0.3 is 6.03 Å². The van der Waals surface area contributed by atoms with Crippen molar-refractivity contribution >= 4 is 22.8 Å². The number of nitrogens with zero attached hydrogens (tertiary/aromatic N) is 5. The van der Waals surface area contributed by atoms with Crippen molar-refractivity contribution in [2.75, 3.05) is 19.0 Å². The SMILES string of the molecule is COCCn1cncc1CNC(=O)Nc1cccc2nn(C)nc12. The van der Waals surface area contributed by atoms with E-state index in [4.69, 9.17) is 4.74 Å². The third kappa shape index (κ3) is 3.51. The lowest BCUT2D eigenvalue weighted by molar-refractivity contribution is 0.186. The molecular formula is C15H19N7O2. The molecule has 0 aliphatic heterocycles. The highest BCUT2D eigenvalue weighted by Gasteiger charge is 2.10. The van der Waals surface area contributed by atoms with Crippen LogP contribution in [0.15, 0.2) is 30.7 Å². The van der Waals surface area contributed by atoms with Crippen molar-refractivity contribution in [2.24, 2.45) is 7.05 Å². The average Bonchev–Trinajstić information content (AvgIpc) is 3.16. The van der Waals surface area contributed by atoms with Gasteiger partial charge in [0.05, 0.1) is 30.9 Å². The molecule has 0 fully saturated rings. The van der Waals surface area contributed by atoms with E-state index < -0.39 is 0 Å². The summed E-state index contributed by atoms with van der Waals surface area (Å²) in [7, 11) is 3.39. The number of benzene rings is 1. The maximum atomic E-state index is 12.2. The highest BCUT2D eigenvalue weighted by Crippen LogP contribution is 2.19. The second-order valence-corrected chi connectivity index (χ2v) is 5.24. The smallest absolute Gasteiger partial charge is 0.319 e. The molecule has 0 saturated carbocycles. The molecule has 9 heteroatoms. The van der Waals surface area contributed by atoms with E-state index >= 15 is 0 Å². The number of rotatable bonds is 6. The zero-order valence-corrected chi connectivity index (χ0v) is 13.6. The number of amides is 2. The van der Waals surface area contributed by atoms with Crippen LogP contribution in [0.1, 0.15) is 5.69 Å². The molecule has 0 aliphatic rings. The van der Waals surface area contributed by atoms with E-state index in [1.807, 2.05) is 16.7 Å². The van der Waals surface area contributed by atoms with E-state index in [2.05, 4.69) is 25.8 Å². The number of aromatic nitrogens is 5. The van der Waals surface area contributed by atoms with Crippen molar-refractivity contribution < 1.29 is 9.53 Å². The number of anilines is 1. The number of hydrogen-bond acceptors (Lipinski definition) is 5. The number of imidazole rings is 1. The minimum absolute atomic E-state index is 0.312. The van der Waals surface area contributed by atoms with Crippen molar-refractivity contribution in [1.29, 1.82) is 0 Å². The fourth-order valence-corrected chi connectivity index (χ4v) is 2.36. The molecule has 3 aromatic rings. The molecule has 9 nitrogen and oxygen atoms in total. The second kappa shape index (κ2) is 7.09. The van der Waals surface area contributed by atoms with Gasteiger partial charge in [0.2, 0.25) is 0 Å². The molecule has 2 aromatic heterocycles. The van der Waals surface area contributed by atoms with Crippen molar-refractivity contribution in [2.45, 2.75) is 13.1 Å². The average molecular weight is 329 g/mol. The molecule has 2 heterocycles.